The molecule has 0 amide bonds. The quantitative estimate of drug-likeness (QED) is 0.868. The standard InChI is InChI=1S/C16H24N2O2/c1-12-3-4-15(14(11-12)16(19)20)17-8-5-13-6-9-18(2)10-7-13/h3-4,11,13,17H,5-10H2,1-2H3,(H,19,20). The average molecular weight is 276 g/mol. The normalized spacial score (nSPS) is 17.1. The van der Waals surface area contributed by atoms with Crippen LogP contribution in [0.2, 0.25) is 0 Å². The summed E-state index contributed by atoms with van der Waals surface area (Å²) in [6.07, 6.45) is 3.61. The Balaban J connectivity index is 1.86. The van der Waals surface area contributed by atoms with Gasteiger partial charge >= 0.3 is 5.97 Å². The third-order valence-corrected chi connectivity index (χ3v) is 4.11. The molecule has 4 heteroatoms. The van der Waals surface area contributed by atoms with E-state index in [1.54, 1.807) is 6.07 Å². The van der Waals surface area contributed by atoms with Crippen LogP contribution in [0.5, 0.6) is 0 Å². The van der Waals surface area contributed by atoms with Crippen molar-refractivity contribution in [2.75, 3.05) is 32.0 Å². The van der Waals surface area contributed by atoms with Gasteiger partial charge in [0.2, 0.25) is 0 Å². The molecule has 110 valence electrons. The summed E-state index contributed by atoms with van der Waals surface area (Å²) in [5.74, 6) is -0.104. The van der Waals surface area contributed by atoms with Crippen LogP contribution in [0.4, 0.5) is 5.69 Å². The third kappa shape index (κ3) is 3.97. The van der Waals surface area contributed by atoms with Crippen molar-refractivity contribution in [3.05, 3.63) is 29.3 Å². The Labute approximate surface area is 120 Å². The van der Waals surface area contributed by atoms with E-state index < -0.39 is 5.97 Å². The lowest BCUT2D eigenvalue weighted by Crippen LogP contribution is -2.30. The smallest absolute Gasteiger partial charge is 0.337 e. The maximum absolute atomic E-state index is 11.2. The van der Waals surface area contributed by atoms with Gasteiger partial charge in [0.05, 0.1) is 5.56 Å². The molecule has 4 nitrogen and oxygen atoms in total. The van der Waals surface area contributed by atoms with E-state index in [1.807, 2.05) is 19.1 Å². The van der Waals surface area contributed by atoms with Crippen LogP contribution >= 0.6 is 0 Å². The minimum Gasteiger partial charge on any atom is -0.478 e. The molecule has 1 fully saturated rings. The van der Waals surface area contributed by atoms with Gasteiger partial charge in [-0.05, 0) is 64.4 Å². The number of hydrogen-bond acceptors (Lipinski definition) is 3. The lowest BCUT2D eigenvalue weighted by Gasteiger charge is -2.29. The second-order valence-corrected chi connectivity index (χ2v) is 5.82. The number of nitrogens with zero attached hydrogens (tertiary/aromatic N) is 1. The summed E-state index contributed by atoms with van der Waals surface area (Å²) in [5, 5.41) is 12.5. The maximum atomic E-state index is 11.2. The van der Waals surface area contributed by atoms with Gasteiger partial charge in [0.1, 0.15) is 0 Å². The fourth-order valence-corrected chi connectivity index (χ4v) is 2.75. The highest BCUT2D eigenvalue weighted by Gasteiger charge is 2.16. The van der Waals surface area contributed by atoms with Gasteiger partial charge in [0, 0.05) is 12.2 Å². The van der Waals surface area contributed by atoms with E-state index in [-0.39, 0.29) is 0 Å². The summed E-state index contributed by atoms with van der Waals surface area (Å²) >= 11 is 0. The second kappa shape index (κ2) is 6.75. The van der Waals surface area contributed by atoms with Crippen LogP contribution in [0.15, 0.2) is 18.2 Å². The predicted molar refractivity (Wildman–Crippen MR) is 81.5 cm³/mol. The molecule has 1 aromatic carbocycles. The van der Waals surface area contributed by atoms with Gasteiger partial charge in [0.15, 0.2) is 0 Å². The van der Waals surface area contributed by atoms with E-state index in [4.69, 9.17) is 0 Å². The number of benzene rings is 1. The Morgan fingerprint density at radius 2 is 2.10 bits per heavy atom. The highest BCUT2D eigenvalue weighted by molar-refractivity contribution is 5.94. The van der Waals surface area contributed by atoms with Crippen LogP contribution in [0.1, 0.15) is 35.2 Å². The monoisotopic (exact) mass is 276 g/mol. The Morgan fingerprint density at radius 3 is 2.75 bits per heavy atom. The Hall–Kier alpha value is -1.55. The molecule has 0 saturated carbocycles. The molecule has 20 heavy (non-hydrogen) atoms. The first-order valence-electron chi connectivity index (χ1n) is 7.32. The van der Waals surface area contributed by atoms with Crippen molar-refractivity contribution < 1.29 is 9.90 Å². The van der Waals surface area contributed by atoms with Crippen LogP contribution in [-0.4, -0.2) is 42.7 Å². The molecule has 0 bridgehead atoms. The van der Waals surface area contributed by atoms with Gasteiger partial charge in [-0.1, -0.05) is 11.6 Å². The number of carboxylic acids is 1. The summed E-state index contributed by atoms with van der Waals surface area (Å²) < 4.78 is 0. The van der Waals surface area contributed by atoms with E-state index >= 15 is 0 Å². The molecule has 0 radical (unpaired) electrons. The van der Waals surface area contributed by atoms with Crippen LogP contribution in [0, 0.1) is 12.8 Å². The Kier molecular flexibility index (Phi) is 5.01. The number of carboxylic acid groups (broad SMARTS) is 1. The molecule has 1 heterocycles. The average Bonchev–Trinajstić information content (AvgIpc) is 2.42. The molecule has 1 aromatic rings. The number of anilines is 1. The van der Waals surface area contributed by atoms with E-state index in [1.165, 1.54) is 25.9 Å². The summed E-state index contributed by atoms with van der Waals surface area (Å²) in [6, 6.07) is 5.54. The van der Waals surface area contributed by atoms with Gasteiger partial charge in [-0.2, -0.15) is 0 Å². The molecule has 2 N–H and O–H groups in total. The summed E-state index contributed by atoms with van der Waals surface area (Å²) in [6.45, 7) is 5.11. The summed E-state index contributed by atoms with van der Waals surface area (Å²) in [4.78, 5) is 13.6. The van der Waals surface area contributed by atoms with Gasteiger partial charge in [-0.15, -0.1) is 0 Å². The van der Waals surface area contributed by atoms with E-state index in [9.17, 15) is 9.90 Å². The maximum Gasteiger partial charge on any atom is 0.337 e. The molecular weight excluding hydrogens is 252 g/mol. The van der Waals surface area contributed by atoms with Gasteiger partial charge < -0.3 is 15.3 Å². The number of nitrogens with one attached hydrogen (secondary N) is 1. The Bertz CT molecular complexity index is 466. The number of rotatable bonds is 5. The number of hydrogen-bond donors (Lipinski definition) is 2. The largest absolute Gasteiger partial charge is 0.478 e. The Morgan fingerprint density at radius 1 is 1.40 bits per heavy atom. The number of likely N-dealkylation sites (tertiary alicyclic amines) is 1. The van der Waals surface area contributed by atoms with Crippen molar-refractivity contribution >= 4 is 11.7 Å². The molecule has 0 aliphatic carbocycles. The third-order valence-electron chi connectivity index (χ3n) is 4.11. The predicted octanol–water partition coefficient (Wildman–Crippen LogP) is 2.84. The molecule has 0 unspecified atom stereocenters. The molecule has 0 atom stereocenters. The van der Waals surface area contributed by atoms with Crippen molar-refractivity contribution in [3.8, 4) is 0 Å². The first kappa shape index (κ1) is 14.9. The van der Waals surface area contributed by atoms with Crippen molar-refractivity contribution in [2.24, 2.45) is 5.92 Å². The summed E-state index contributed by atoms with van der Waals surface area (Å²) in [7, 11) is 2.17. The SMILES string of the molecule is Cc1ccc(NCCC2CCN(C)CC2)c(C(=O)O)c1. The fourth-order valence-electron chi connectivity index (χ4n) is 2.75. The molecule has 2 rings (SSSR count). The van der Waals surface area contributed by atoms with Crippen molar-refractivity contribution in [1.82, 2.24) is 4.90 Å². The zero-order valence-electron chi connectivity index (χ0n) is 12.4. The van der Waals surface area contributed by atoms with Crippen LogP contribution < -0.4 is 5.32 Å². The second-order valence-electron chi connectivity index (χ2n) is 5.82. The van der Waals surface area contributed by atoms with E-state index in [2.05, 4.69) is 17.3 Å². The zero-order valence-corrected chi connectivity index (χ0v) is 12.4. The van der Waals surface area contributed by atoms with E-state index in [0.717, 1.165) is 30.1 Å². The highest BCUT2D eigenvalue weighted by Crippen LogP contribution is 2.21. The first-order chi connectivity index (χ1) is 9.56. The molecular formula is C16H24N2O2. The van der Waals surface area contributed by atoms with Crippen LogP contribution in [-0.2, 0) is 0 Å². The summed E-state index contributed by atoms with van der Waals surface area (Å²) in [5.41, 5.74) is 2.08. The molecule has 1 aliphatic rings. The lowest BCUT2D eigenvalue weighted by molar-refractivity contribution is 0.0698. The topological polar surface area (TPSA) is 52.6 Å². The first-order valence-corrected chi connectivity index (χ1v) is 7.32. The molecule has 1 saturated heterocycles. The number of carbonyl (C=O) groups is 1. The van der Waals surface area contributed by atoms with Gasteiger partial charge in [-0.25, -0.2) is 4.79 Å². The molecule has 0 spiro atoms. The number of piperidine rings is 1. The van der Waals surface area contributed by atoms with Crippen LogP contribution in [0.25, 0.3) is 0 Å². The highest BCUT2D eigenvalue weighted by atomic mass is 16.4. The van der Waals surface area contributed by atoms with Crippen LogP contribution in [0.3, 0.4) is 0 Å². The van der Waals surface area contributed by atoms with Crippen molar-refractivity contribution in [3.63, 3.8) is 0 Å². The molecule has 1 aliphatic heterocycles. The molecule has 0 aromatic heterocycles. The minimum atomic E-state index is -0.865. The minimum absolute atomic E-state index is 0.369. The van der Waals surface area contributed by atoms with E-state index in [0.29, 0.717) is 5.56 Å². The fraction of sp³-hybridized carbons (Fsp3) is 0.562. The van der Waals surface area contributed by atoms with Crippen molar-refractivity contribution in [2.45, 2.75) is 26.2 Å². The zero-order chi connectivity index (χ0) is 14.5. The number of aromatic carboxylic acids is 1. The van der Waals surface area contributed by atoms with Gasteiger partial charge in [-0.3, -0.25) is 0 Å². The lowest BCUT2D eigenvalue weighted by atomic mass is 9.94. The van der Waals surface area contributed by atoms with Gasteiger partial charge in [0.25, 0.3) is 0 Å². The number of aryl methyl sites for hydroxylation is 1. The van der Waals surface area contributed by atoms with Crippen molar-refractivity contribution in [1.29, 1.82) is 0 Å².